The zero-order valence-corrected chi connectivity index (χ0v) is 38.1. The van der Waals surface area contributed by atoms with E-state index in [1.807, 2.05) is 60.7 Å². The van der Waals surface area contributed by atoms with Crippen molar-refractivity contribution < 1.29 is 34.4 Å². The standard InChI is InChI=1S/C50H80Cl2O7/c51-41-33-23-19-15-11-7-3-1-5-9-13-17-21-31-39-49(56-58-54-43-47-35-27-25-28-36-47)45-53-46-50(57-59-55-44-48-37-29-26-30-38-48)40-32-22-18-14-10-6-2-4-8-12-16-20-24-34-42-52/h25-30,35-38,45-46H,1-24,31-34,39-44H2. The van der Waals surface area contributed by atoms with Gasteiger partial charge in [-0.3, -0.25) is 0 Å². The van der Waals surface area contributed by atoms with E-state index in [0.29, 0.717) is 24.4 Å². The smallest absolute Gasteiger partial charge is 0.180 e. The highest BCUT2D eigenvalue weighted by molar-refractivity contribution is 6.18. The van der Waals surface area contributed by atoms with E-state index in [1.165, 1.54) is 141 Å². The van der Waals surface area contributed by atoms with E-state index in [-0.39, 0.29) is 13.2 Å². The van der Waals surface area contributed by atoms with Crippen LogP contribution in [-0.4, -0.2) is 11.8 Å². The number of rotatable bonds is 44. The van der Waals surface area contributed by atoms with Gasteiger partial charge < -0.3 is 14.5 Å². The van der Waals surface area contributed by atoms with Gasteiger partial charge in [0.2, 0.25) is 0 Å². The van der Waals surface area contributed by atoms with Gasteiger partial charge >= 0.3 is 0 Å². The summed E-state index contributed by atoms with van der Waals surface area (Å²) < 4.78 is 5.88. The monoisotopic (exact) mass is 863 g/mol. The summed E-state index contributed by atoms with van der Waals surface area (Å²) in [6, 6.07) is 19.7. The Hall–Kier alpha value is -2.26. The number of hydrogen-bond donors (Lipinski definition) is 0. The topological polar surface area (TPSA) is 64.6 Å². The van der Waals surface area contributed by atoms with Crippen molar-refractivity contribution in [1.82, 2.24) is 0 Å². The molecule has 0 heterocycles. The molecule has 0 amide bonds. The third kappa shape index (κ3) is 35.1. The highest BCUT2D eigenvalue weighted by Gasteiger charge is 2.07. The van der Waals surface area contributed by atoms with Gasteiger partial charge in [0.1, 0.15) is 25.7 Å². The van der Waals surface area contributed by atoms with Crippen LogP contribution in [0.25, 0.3) is 0 Å². The fourth-order valence-electron chi connectivity index (χ4n) is 6.92. The Bertz CT molecular complexity index is 1120. The average Bonchev–Trinajstić information content (AvgIpc) is 3.26. The number of benzene rings is 2. The molecule has 336 valence electrons. The van der Waals surface area contributed by atoms with Crippen LogP contribution in [0.15, 0.2) is 84.7 Å². The van der Waals surface area contributed by atoms with Gasteiger partial charge in [-0.1, -0.05) is 215 Å². The quantitative estimate of drug-likeness (QED) is 0.0216. The van der Waals surface area contributed by atoms with Gasteiger partial charge in [0.05, 0.1) is 0 Å². The summed E-state index contributed by atoms with van der Waals surface area (Å²) in [6.07, 6.45) is 39.9. The van der Waals surface area contributed by atoms with Crippen LogP contribution in [0.4, 0.5) is 0 Å². The molecule has 0 bridgehead atoms. The summed E-state index contributed by atoms with van der Waals surface area (Å²) in [4.78, 5) is 21.8. The van der Waals surface area contributed by atoms with Crippen molar-refractivity contribution in [3.63, 3.8) is 0 Å². The Morgan fingerprint density at radius 1 is 0.356 bits per heavy atom. The first kappa shape index (κ1) is 52.9. The molecule has 0 atom stereocenters. The van der Waals surface area contributed by atoms with Gasteiger partial charge in [-0.15, -0.1) is 23.2 Å². The van der Waals surface area contributed by atoms with Crippen LogP contribution in [0.5, 0.6) is 0 Å². The second-order valence-electron chi connectivity index (χ2n) is 15.9. The summed E-state index contributed by atoms with van der Waals surface area (Å²) in [7, 11) is 0. The first-order chi connectivity index (χ1) is 29.3. The summed E-state index contributed by atoms with van der Waals surface area (Å²) in [5.41, 5.74) is 1.98. The maximum absolute atomic E-state index is 5.88. The lowest BCUT2D eigenvalue weighted by molar-refractivity contribution is -0.503. The average molecular weight is 864 g/mol. The zero-order chi connectivity index (χ0) is 41.8. The number of alkyl halides is 2. The second-order valence-corrected chi connectivity index (χ2v) is 16.6. The third-order valence-electron chi connectivity index (χ3n) is 10.5. The molecule has 0 saturated heterocycles. The van der Waals surface area contributed by atoms with Crippen LogP contribution in [0.3, 0.4) is 0 Å². The Kier molecular flexibility index (Phi) is 38.0. The molecule has 0 N–H and O–H groups in total. The molecule has 0 aliphatic rings. The molecule has 0 saturated carbocycles. The minimum absolute atomic E-state index is 0.276. The Balaban J connectivity index is 1.75. The van der Waals surface area contributed by atoms with Crippen molar-refractivity contribution >= 4 is 23.2 Å². The highest BCUT2D eigenvalue weighted by Crippen LogP contribution is 2.19. The molecule has 2 aromatic carbocycles. The Morgan fingerprint density at radius 2 is 0.627 bits per heavy atom. The fraction of sp³-hybridized carbons (Fsp3) is 0.680. The maximum Gasteiger partial charge on any atom is 0.180 e. The van der Waals surface area contributed by atoms with Gasteiger partial charge in [-0.05, 0) is 46.9 Å². The molecular formula is C50H80Cl2O7. The number of unbranched alkanes of at least 4 members (excludes halogenated alkanes) is 26. The van der Waals surface area contributed by atoms with E-state index in [0.717, 1.165) is 61.4 Å². The summed E-state index contributed by atoms with van der Waals surface area (Å²) in [6.45, 7) is 0.551. The molecule has 0 unspecified atom stereocenters. The van der Waals surface area contributed by atoms with Gasteiger partial charge in [0, 0.05) is 24.6 Å². The minimum atomic E-state index is 0.276. The van der Waals surface area contributed by atoms with Crippen molar-refractivity contribution in [2.45, 2.75) is 206 Å². The van der Waals surface area contributed by atoms with Crippen LogP contribution >= 0.6 is 23.2 Å². The Labute approximate surface area is 369 Å². The molecule has 0 spiro atoms. The van der Waals surface area contributed by atoms with Crippen LogP contribution in [0, 0.1) is 0 Å². The van der Waals surface area contributed by atoms with Crippen molar-refractivity contribution in [2.24, 2.45) is 0 Å². The lowest BCUT2D eigenvalue weighted by Crippen LogP contribution is -2.00. The van der Waals surface area contributed by atoms with E-state index in [9.17, 15) is 0 Å². The first-order valence-electron chi connectivity index (χ1n) is 23.5. The zero-order valence-electron chi connectivity index (χ0n) is 36.6. The van der Waals surface area contributed by atoms with Crippen LogP contribution in [-0.2, 0) is 47.6 Å². The normalized spacial score (nSPS) is 12.0. The predicted octanol–water partition coefficient (Wildman–Crippen LogP) is 17.0. The van der Waals surface area contributed by atoms with Crippen LogP contribution in [0.2, 0.25) is 0 Å². The van der Waals surface area contributed by atoms with Crippen molar-refractivity contribution in [3.8, 4) is 0 Å². The van der Waals surface area contributed by atoms with Crippen molar-refractivity contribution in [3.05, 3.63) is 95.8 Å². The molecule has 2 aromatic rings. The predicted molar refractivity (Wildman–Crippen MR) is 244 cm³/mol. The lowest BCUT2D eigenvalue weighted by Gasteiger charge is -2.10. The van der Waals surface area contributed by atoms with Crippen molar-refractivity contribution in [2.75, 3.05) is 11.8 Å². The molecule has 59 heavy (non-hydrogen) atoms. The van der Waals surface area contributed by atoms with E-state index < -0.39 is 0 Å². The molecule has 0 radical (unpaired) electrons. The summed E-state index contributed by atoms with van der Waals surface area (Å²) >= 11 is 11.5. The minimum Gasteiger partial charge on any atom is -0.465 e. The fourth-order valence-corrected chi connectivity index (χ4v) is 7.30. The highest BCUT2D eigenvalue weighted by atomic mass is 35.5. The lowest BCUT2D eigenvalue weighted by atomic mass is 10.0. The van der Waals surface area contributed by atoms with Gasteiger partial charge in [-0.25, -0.2) is 0 Å². The molecule has 0 fully saturated rings. The number of halogens is 2. The molecular weight excluding hydrogens is 783 g/mol. The third-order valence-corrected chi connectivity index (χ3v) is 11.1. The molecule has 0 aromatic heterocycles. The second kappa shape index (κ2) is 42.4. The van der Waals surface area contributed by atoms with Gasteiger partial charge in [0.15, 0.2) is 11.5 Å². The maximum atomic E-state index is 5.88. The van der Waals surface area contributed by atoms with E-state index in [2.05, 4.69) is 0 Å². The molecule has 0 aliphatic carbocycles. The number of allylic oxidation sites excluding steroid dienone is 2. The van der Waals surface area contributed by atoms with E-state index >= 15 is 0 Å². The Morgan fingerprint density at radius 3 is 0.915 bits per heavy atom. The summed E-state index contributed by atoms with van der Waals surface area (Å²) in [5.74, 6) is 2.68. The molecule has 0 aliphatic heterocycles. The molecule has 2 rings (SSSR count). The molecule has 7 nitrogen and oxygen atoms in total. The number of ether oxygens (including phenoxy) is 1. The number of hydrogen-bond acceptors (Lipinski definition) is 7. The SMILES string of the molecule is ClCCCCCCCCCCCCCCCCC(=COC=C(CCCCCCCCCCCCCCCCCl)OOOCc1ccccc1)OOOCc1ccccc1. The van der Waals surface area contributed by atoms with E-state index in [4.69, 9.17) is 57.6 Å². The largest absolute Gasteiger partial charge is 0.465 e. The van der Waals surface area contributed by atoms with Crippen LogP contribution in [0.1, 0.15) is 204 Å². The summed E-state index contributed by atoms with van der Waals surface area (Å²) in [5, 5.41) is 10.3. The van der Waals surface area contributed by atoms with E-state index in [1.54, 1.807) is 12.5 Å². The molecule has 9 heteroatoms. The van der Waals surface area contributed by atoms with Gasteiger partial charge in [-0.2, -0.15) is 9.78 Å². The van der Waals surface area contributed by atoms with Gasteiger partial charge in [0.25, 0.3) is 0 Å². The first-order valence-corrected chi connectivity index (χ1v) is 24.5. The van der Waals surface area contributed by atoms with Crippen molar-refractivity contribution in [1.29, 1.82) is 0 Å². The van der Waals surface area contributed by atoms with Crippen LogP contribution < -0.4 is 0 Å².